The lowest BCUT2D eigenvalue weighted by molar-refractivity contribution is 0.475. The Labute approximate surface area is 148 Å². The second-order valence-electron chi connectivity index (χ2n) is 6.14. The van der Waals surface area contributed by atoms with E-state index in [2.05, 4.69) is 30.3 Å². The summed E-state index contributed by atoms with van der Waals surface area (Å²) in [5, 5.41) is 19.4. The summed E-state index contributed by atoms with van der Waals surface area (Å²) >= 11 is 0. The van der Waals surface area contributed by atoms with Crippen LogP contribution in [-0.2, 0) is 0 Å². The minimum Gasteiger partial charge on any atom is -0.508 e. The third-order valence-electron chi connectivity index (χ3n) is 4.20. The van der Waals surface area contributed by atoms with Crippen LogP contribution in [0.2, 0.25) is 0 Å². The first kappa shape index (κ1) is 16.5. The number of benzene rings is 3. The number of nitrogens with zero attached hydrogens (tertiary/aromatic N) is 1. The van der Waals surface area contributed by atoms with Gasteiger partial charge in [0.1, 0.15) is 11.8 Å². The normalized spacial score (nSPS) is 10.1. The van der Waals surface area contributed by atoms with Crippen LogP contribution in [0, 0.1) is 25.2 Å². The van der Waals surface area contributed by atoms with Gasteiger partial charge < -0.3 is 5.11 Å². The van der Waals surface area contributed by atoms with Crippen molar-refractivity contribution in [3.05, 3.63) is 101 Å². The maximum atomic E-state index is 9.88. The van der Waals surface area contributed by atoms with Gasteiger partial charge in [-0.15, -0.1) is 0 Å². The van der Waals surface area contributed by atoms with Crippen LogP contribution < -0.4 is 0 Å². The molecule has 0 fully saturated rings. The molecule has 0 spiro atoms. The van der Waals surface area contributed by atoms with Gasteiger partial charge in [-0.1, -0.05) is 59.7 Å². The lowest BCUT2D eigenvalue weighted by Gasteiger charge is -2.13. The van der Waals surface area contributed by atoms with Gasteiger partial charge in [0, 0.05) is 5.57 Å². The van der Waals surface area contributed by atoms with Crippen LogP contribution in [0.25, 0.3) is 11.1 Å². The summed E-state index contributed by atoms with van der Waals surface area (Å²) in [6.45, 7) is 4.09. The number of phenolic OH excluding ortho intramolecular Hbond substituents is 1. The van der Waals surface area contributed by atoms with Crippen LogP contribution in [0.4, 0.5) is 0 Å². The largest absolute Gasteiger partial charge is 0.508 e. The molecule has 0 aliphatic carbocycles. The highest BCUT2D eigenvalue weighted by Gasteiger charge is 2.14. The summed E-state index contributed by atoms with van der Waals surface area (Å²) in [4.78, 5) is 0. The molecule has 0 atom stereocenters. The van der Waals surface area contributed by atoms with Crippen LogP contribution in [0.15, 0.2) is 72.8 Å². The van der Waals surface area contributed by atoms with Crippen molar-refractivity contribution in [1.29, 1.82) is 5.26 Å². The smallest absolute Gasteiger partial charge is 0.115 e. The summed E-state index contributed by atoms with van der Waals surface area (Å²) < 4.78 is 0. The number of rotatable bonds is 3. The molecule has 0 aliphatic heterocycles. The summed E-state index contributed by atoms with van der Waals surface area (Å²) in [6.07, 6.45) is 0. The maximum Gasteiger partial charge on any atom is 0.115 e. The minimum atomic E-state index is 0.188. The van der Waals surface area contributed by atoms with Crippen molar-refractivity contribution in [2.75, 3.05) is 0 Å². The van der Waals surface area contributed by atoms with E-state index in [0.717, 1.165) is 22.3 Å². The second-order valence-corrected chi connectivity index (χ2v) is 6.14. The number of aromatic hydroxyl groups is 1. The number of hydrogen-bond donors (Lipinski definition) is 1. The van der Waals surface area contributed by atoms with Crippen molar-refractivity contribution in [3.8, 4) is 11.8 Å². The van der Waals surface area contributed by atoms with E-state index in [1.807, 2.05) is 38.1 Å². The molecule has 0 saturated carbocycles. The molecule has 0 aliphatic rings. The van der Waals surface area contributed by atoms with Gasteiger partial charge in [0.2, 0.25) is 0 Å². The van der Waals surface area contributed by atoms with Crippen molar-refractivity contribution >= 4 is 11.1 Å². The minimum absolute atomic E-state index is 0.188. The highest BCUT2D eigenvalue weighted by molar-refractivity contribution is 6.03. The first-order valence-electron chi connectivity index (χ1n) is 8.16. The molecule has 0 radical (unpaired) electrons. The predicted octanol–water partition coefficient (Wildman–Crippen LogP) is 5.49. The average molecular weight is 325 g/mol. The molecule has 3 rings (SSSR count). The first-order valence-corrected chi connectivity index (χ1v) is 8.16. The lowest BCUT2D eigenvalue weighted by atomic mass is 9.89. The van der Waals surface area contributed by atoms with Gasteiger partial charge in [0.15, 0.2) is 0 Å². The van der Waals surface area contributed by atoms with E-state index in [0.29, 0.717) is 5.57 Å². The molecule has 0 bridgehead atoms. The molecule has 122 valence electrons. The van der Waals surface area contributed by atoms with Gasteiger partial charge in [-0.2, -0.15) is 5.26 Å². The van der Waals surface area contributed by atoms with E-state index in [1.54, 1.807) is 24.3 Å². The number of hydrogen-bond acceptors (Lipinski definition) is 2. The first-order chi connectivity index (χ1) is 12.1. The van der Waals surface area contributed by atoms with E-state index >= 15 is 0 Å². The SMILES string of the molecule is Cc1ccc(C(=C(C#N)c2ccc(O)cc2)c2ccc(C)cc2)cc1. The van der Waals surface area contributed by atoms with Crippen molar-refractivity contribution < 1.29 is 5.11 Å². The Bertz CT molecular complexity index is 893. The van der Waals surface area contributed by atoms with E-state index in [9.17, 15) is 10.4 Å². The standard InChI is InChI=1S/C23H19NO/c1-16-3-7-19(8-4-16)23(20-9-5-17(2)6-10-20)22(15-24)18-11-13-21(25)14-12-18/h3-14,25H,1-2H3. The number of phenols is 1. The number of aryl methyl sites for hydroxylation is 2. The van der Waals surface area contributed by atoms with Crippen LogP contribution in [-0.4, -0.2) is 5.11 Å². The molecule has 3 aromatic carbocycles. The fourth-order valence-electron chi connectivity index (χ4n) is 2.79. The molecular weight excluding hydrogens is 306 g/mol. The molecule has 0 amide bonds. The van der Waals surface area contributed by atoms with Crippen molar-refractivity contribution in [3.63, 3.8) is 0 Å². The zero-order valence-corrected chi connectivity index (χ0v) is 14.3. The van der Waals surface area contributed by atoms with Gasteiger partial charge >= 0.3 is 0 Å². The lowest BCUT2D eigenvalue weighted by Crippen LogP contribution is -1.94. The predicted molar refractivity (Wildman–Crippen MR) is 102 cm³/mol. The van der Waals surface area contributed by atoms with Crippen LogP contribution >= 0.6 is 0 Å². The Morgan fingerprint density at radius 1 is 0.680 bits per heavy atom. The number of allylic oxidation sites excluding steroid dienone is 1. The zero-order chi connectivity index (χ0) is 17.8. The van der Waals surface area contributed by atoms with Gasteiger partial charge in [-0.25, -0.2) is 0 Å². The Morgan fingerprint density at radius 2 is 1.08 bits per heavy atom. The molecule has 0 heterocycles. The van der Waals surface area contributed by atoms with Crippen LogP contribution in [0.5, 0.6) is 5.75 Å². The zero-order valence-electron chi connectivity index (χ0n) is 14.3. The van der Waals surface area contributed by atoms with E-state index < -0.39 is 0 Å². The van der Waals surface area contributed by atoms with E-state index in [1.165, 1.54) is 11.1 Å². The monoisotopic (exact) mass is 325 g/mol. The van der Waals surface area contributed by atoms with Crippen LogP contribution in [0.3, 0.4) is 0 Å². The number of nitriles is 1. The summed E-state index contributed by atoms with van der Waals surface area (Å²) in [5.74, 6) is 0.188. The Morgan fingerprint density at radius 3 is 1.48 bits per heavy atom. The van der Waals surface area contributed by atoms with Gasteiger partial charge in [-0.05, 0) is 54.8 Å². The van der Waals surface area contributed by atoms with Gasteiger partial charge in [0.05, 0.1) is 5.57 Å². The quantitative estimate of drug-likeness (QED) is 0.511. The van der Waals surface area contributed by atoms with Crippen molar-refractivity contribution in [2.45, 2.75) is 13.8 Å². The van der Waals surface area contributed by atoms with Crippen molar-refractivity contribution in [1.82, 2.24) is 0 Å². The fraction of sp³-hybridized carbons (Fsp3) is 0.0870. The molecule has 0 saturated heterocycles. The average Bonchev–Trinajstić information content (AvgIpc) is 2.63. The Balaban J connectivity index is 2.28. The summed E-state index contributed by atoms with van der Waals surface area (Å²) in [6, 6.07) is 25.5. The Hall–Kier alpha value is -3.31. The van der Waals surface area contributed by atoms with Gasteiger partial charge in [-0.3, -0.25) is 0 Å². The fourth-order valence-corrected chi connectivity index (χ4v) is 2.79. The topological polar surface area (TPSA) is 44.0 Å². The highest BCUT2D eigenvalue weighted by Crippen LogP contribution is 2.33. The molecule has 3 aromatic rings. The molecule has 1 N–H and O–H groups in total. The van der Waals surface area contributed by atoms with E-state index in [4.69, 9.17) is 0 Å². The second kappa shape index (κ2) is 7.07. The molecule has 25 heavy (non-hydrogen) atoms. The highest BCUT2D eigenvalue weighted by atomic mass is 16.3. The van der Waals surface area contributed by atoms with Crippen LogP contribution in [0.1, 0.15) is 27.8 Å². The van der Waals surface area contributed by atoms with E-state index in [-0.39, 0.29) is 5.75 Å². The summed E-state index contributed by atoms with van der Waals surface area (Å²) in [5.41, 5.74) is 6.63. The summed E-state index contributed by atoms with van der Waals surface area (Å²) in [7, 11) is 0. The third kappa shape index (κ3) is 3.62. The molecular formula is C23H19NO. The molecule has 2 nitrogen and oxygen atoms in total. The molecule has 0 aromatic heterocycles. The Kier molecular flexibility index (Phi) is 4.68. The van der Waals surface area contributed by atoms with Gasteiger partial charge in [0.25, 0.3) is 0 Å². The van der Waals surface area contributed by atoms with Crippen molar-refractivity contribution in [2.24, 2.45) is 0 Å². The molecule has 2 heteroatoms. The third-order valence-corrected chi connectivity index (χ3v) is 4.20. The maximum absolute atomic E-state index is 9.88. The molecule has 0 unspecified atom stereocenters.